The smallest absolute Gasteiger partial charge is 0.337 e. The number of hydrogen-bond donors (Lipinski definition) is 2. The van der Waals surface area contributed by atoms with Crippen molar-refractivity contribution < 1.29 is 18.7 Å². The number of aromatic nitrogens is 1. The molecule has 1 aromatic heterocycles. The van der Waals surface area contributed by atoms with E-state index < -0.39 is 11.7 Å². The number of pyridine rings is 1. The third kappa shape index (κ3) is 4.05. The zero-order chi connectivity index (χ0) is 15.4. The van der Waals surface area contributed by atoms with E-state index >= 15 is 0 Å². The SMILES string of the molecule is O=C(O)c1cnc(Nc2ccccc2SC(F)F)c(Cl)c1. The van der Waals surface area contributed by atoms with Crippen molar-refractivity contribution in [1.82, 2.24) is 4.98 Å². The van der Waals surface area contributed by atoms with Gasteiger partial charge in [-0.25, -0.2) is 9.78 Å². The number of aromatic carboxylic acids is 1. The molecule has 1 aromatic carbocycles. The third-order valence-corrected chi connectivity index (χ3v) is 3.52. The molecule has 0 spiro atoms. The van der Waals surface area contributed by atoms with Crippen molar-refractivity contribution in [1.29, 1.82) is 0 Å². The van der Waals surface area contributed by atoms with Crippen LogP contribution in [0.25, 0.3) is 0 Å². The van der Waals surface area contributed by atoms with Crippen LogP contribution in [0.2, 0.25) is 5.02 Å². The van der Waals surface area contributed by atoms with Gasteiger partial charge in [0.25, 0.3) is 5.76 Å². The van der Waals surface area contributed by atoms with Gasteiger partial charge in [0.15, 0.2) is 0 Å². The molecule has 1 heterocycles. The van der Waals surface area contributed by atoms with E-state index in [0.29, 0.717) is 22.3 Å². The quantitative estimate of drug-likeness (QED) is 0.791. The van der Waals surface area contributed by atoms with Crippen molar-refractivity contribution in [2.75, 3.05) is 5.32 Å². The Bertz CT molecular complexity index is 670. The predicted molar refractivity (Wildman–Crippen MR) is 77.8 cm³/mol. The molecule has 0 aliphatic heterocycles. The first-order valence-electron chi connectivity index (χ1n) is 5.67. The van der Waals surface area contributed by atoms with Gasteiger partial charge < -0.3 is 10.4 Å². The van der Waals surface area contributed by atoms with Crippen LogP contribution < -0.4 is 5.32 Å². The lowest BCUT2D eigenvalue weighted by atomic mass is 10.2. The number of thioether (sulfide) groups is 1. The summed E-state index contributed by atoms with van der Waals surface area (Å²) in [7, 11) is 0. The van der Waals surface area contributed by atoms with Crippen molar-refractivity contribution in [3.63, 3.8) is 0 Å². The Balaban J connectivity index is 2.28. The van der Waals surface area contributed by atoms with Crippen LogP contribution in [-0.4, -0.2) is 21.8 Å². The molecule has 2 rings (SSSR count). The summed E-state index contributed by atoms with van der Waals surface area (Å²) in [6, 6.07) is 7.70. The van der Waals surface area contributed by atoms with Crippen molar-refractivity contribution in [3.05, 3.63) is 47.1 Å². The highest BCUT2D eigenvalue weighted by atomic mass is 35.5. The summed E-state index contributed by atoms with van der Waals surface area (Å²) in [5.41, 5.74) is 0.362. The average molecular weight is 331 g/mol. The van der Waals surface area contributed by atoms with Crippen LogP contribution in [0.3, 0.4) is 0 Å². The highest BCUT2D eigenvalue weighted by Gasteiger charge is 2.13. The number of alkyl halides is 2. The molecule has 0 saturated heterocycles. The Kier molecular flexibility index (Phi) is 4.98. The second-order valence-corrected chi connectivity index (χ2v) is 5.30. The average Bonchev–Trinajstić information content (AvgIpc) is 2.42. The highest BCUT2D eigenvalue weighted by molar-refractivity contribution is 7.99. The number of hydrogen-bond acceptors (Lipinski definition) is 4. The van der Waals surface area contributed by atoms with Crippen molar-refractivity contribution in [3.8, 4) is 0 Å². The van der Waals surface area contributed by atoms with Crippen molar-refractivity contribution >= 4 is 40.8 Å². The molecule has 8 heteroatoms. The maximum Gasteiger partial charge on any atom is 0.337 e. The molecule has 4 nitrogen and oxygen atoms in total. The summed E-state index contributed by atoms with van der Waals surface area (Å²) >= 11 is 6.34. The molecule has 2 aromatic rings. The van der Waals surface area contributed by atoms with Gasteiger partial charge in [-0.3, -0.25) is 0 Å². The summed E-state index contributed by atoms with van der Waals surface area (Å²) < 4.78 is 25.0. The Morgan fingerprint density at radius 3 is 2.71 bits per heavy atom. The molecule has 0 aliphatic carbocycles. The Hall–Kier alpha value is -1.86. The summed E-state index contributed by atoms with van der Waals surface area (Å²) in [6.45, 7) is 0. The molecule has 0 fully saturated rings. The van der Waals surface area contributed by atoms with Gasteiger partial charge in [0.2, 0.25) is 0 Å². The fourth-order valence-electron chi connectivity index (χ4n) is 1.54. The van der Waals surface area contributed by atoms with E-state index in [4.69, 9.17) is 16.7 Å². The number of nitrogens with zero attached hydrogens (tertiary/aromatic N) is 1. The summed E-state index contributed by atoms with van der Waals surface area (Å²) in [5.74, 6) is -3.50. The first kappa shape index (κ1) is 15.5. The van der Waals surface area contributed by atoms with Crippen LogP contribution in [0, 0.1) is 0 Å². The molecule has 0 bridgehead atoms. The van der Waals surface area contributed by atoms with Crippen LogP contribution in [-0.2, 0) is 0 Å². The van der Waals surface area contributed by atoms with E-state index in [1.165, 1.54) is 6.07 Å². The number of nitrogens with one attached hydrogen (secondary N) is 1. The minimum Gasteiger partial charge on any atom is -0.478 e. The van der Waals surface area contributed by atoms with E-state index in [2.05, 4.69) is 10.3 Å². The molecule has 0 saturated carbocycles. The number of anilines is 2. The molecular weight excluding hydrogens is 322 g/mol. The lowest BCUT2D eigenvalue weighted by Gasteiger charge is -2.12. The largest absolute Gasteiger partial charge is 0.478 e. The van der Waals surface area contributed by atoms with Gasteiger partial charge in [-0.1, -0.05) is 35.5 Å². The predicted octanol–water partition coefficient (Wildman–Crippen LogP) is 4.49. The monoisotopic (exact) mass is 330 g/mol. The van der Waals surface area contributed by atoms with E-state index in [1.54, 1.807) is 24.3 Å². The normalized spacial score (nSPS) is 10.7. The van der Waals surface area contributed by atoms with Crippen LogP contribution in [0.15, 0.2) is 41.4 Å². The Morgan fingerprint density at radius 2 is 2.10 bits per heavy atom. The van der Waals surface area contributed by atoms with E-state index in [0.717, 1.165) is 6.20 Å². The maximum absolute atomic E-state index is 12.5. The molecule has 0 radical (unpaired) electrons. The van der Waals surface area contributed by atoms with E-state index in [1.807, 2.05) is 0 Å². The molecular formula is C13H9ClF2N2O2S. The zero-order valence-corrected chi connectivity index (χ0v) is 12.0. The van der Waals surface area contributed by atoms with Gasteiger partial charge in [-0.05, 0) is 18.2 Å². The molecule has 0 amide bonds. The third-order valence-electron chi connectivity index (χ3n) is 2.44. The Morgan fingerprint density at radius 1 is 1.38 bits per heavy atom. The van der Waals surface area contributed by atoms with Gasteiger partial charge in [0.1, 0.15) is 5.82 Å². The number of carboxylic acids is 1. The van der Waals surface area contributed by atoms with Crippen LogP contribution >= 0.6 is 23.4 Å². The zero-order valence-electron chi connectivity index (χ0n) is 10.4. The van der Waals surface area contributed by atoms with Crippen LogP contribution in [0.5, 0.6) is 0 Å². The minimum atomic E-state index is -2.55. The molecule has 0 unspecified atom stereocenters. The topological polar surface area (TPSA) is 62.2 Å². The maximum atomic E-state index is 12.5. The summed E-state index contributed by atoms with van der Waals surface area (Å²) in [6.07, 6.45) is 1.14. The van der Waals surface area contributed by atoms with Gasteiger partial charge in [-0.15, -0.1) is 0 Å². The van der Waals surface area contributed by atoms with Gasteiger partial charge >= 0.3 is 5.97 Å². The summed E-state index contributed by atoms with van der Waals surface area (Å²) in [4.78, 5) is 15.0. The van der Waals surface area contributed by atoms with Gasteiger partial charge in [0.05, 0.1) is 16.3 Å². The second kappa shape index (κ2) is 6.73. The Labute approximate surface area is 128 Å². The first-order valence-corrected chi connectivity index (χ1v) is 6.93. The number of carboxylic acid groups (broad SMARTS) is 1. The fraction of sp³-hybridized carbons (Fsp3) is 0.0769. The van der Waals surface area contributed by atoms with Gasteiger partial charge in [-0.2, -0.15) is 8.78 Å². The molecule has 0 atom stereocenters. The minimum absolute atomic E-state index is 0.0548. The number of para-hydroxylation sites is 1. The molecule has 2 N–H and O–H groups in total. The number of halogens is 3. The van der Waals surface area contributed by atoms with Crippen LogP contribution in [0.1, 0.15) is 10.4 Å². The van der Waals surface area contributed by atoms with E-state index in [-0.39, 0.29) is 16.4 Å². The second-order valence-electron chi connectivity index (χ2n) is 3.86. The first-order chi connectivity index (χ1) is 9.97. The fourth-order valence-corrected chi connectivity index (χ4v) is 2.35. The number of benzene rings is 1. The standard InChI is InChI=1S/C13H9ClF2N2O2S/c14-8-5-7(12(19)20)6-17-11(8)18-9-3-1-2-4-10(9)21-13(15)16/h1-6,13H,(H,17,18)(H,19,20). The molecule has 110 valence electrons. The number of carbonyl (C=O) groups is 1. The van der Waals surface area contributed by atoms with Crippen molar-refractivity contribution in [2.24, 2.45) is 0 Å². The van der Waals surface area contributed by atoms with Crippen LogP contribution in [0.4, 0.5) is 20.3 Å². The summed E-state index contributed by atoms with van der Waals surface area (Å²) in [5, 5.41) is 11.7. The van der Waals surface area contributed by atoms with Gasteiger partial charge in [0, 0.05) is 11.1 Å². The van der Waals surface area contributed by atoms with E-state index in [9.17, 15) is 13.6 Å². The highest BCUT2D eigenvalue weighted by Crippen LogP contribution is 2.34. The molecule has 0 aliphatic rings. The van der Waals surface area contributed by atoms with Crippen molar-refractivity contribution in [2.45, 2.75) is 10.7 Å². The lowest BCUT2D eigenvalue weighted by Crippen LogP contribution is -2.01. The lowest BCUT2D eigenvalue weighted by molar-refractivity contribution is 0.0696. The number of rotatable bonds is 5. The molecule has 21 heavy (non-hydrogen) atoms.